The molecule has 0 radical (unpaired) electrons. The SMILES string of the molecule is N#C/C=C(\N)c1cccc(N2CCOCC2)n1.N#Cc1cccc(N2CCOCC2)n1. The number of nitrogens with two attached hydrogens (primary N) is 1. The third-order valence-electron chi connectivity index (χ3n) is 4.77. The van der Waals surface area contributed by atoms with Crippen molar-refractivity contribution in [1.29, 1.82) is 10.5 Å². The highest BCUT2D eigenvalue weighted by molar-refractivity contribution is 5.63. The first-order chi connectivity index (χ1) is 15.2. The highest BCUT2D eigenvalue weighted by Crippen LogP contribution is 2.16. The van der Waals surface area contributed by atoms with Crippen molar-refractivity contribution in [2.45, 2.75) is 0 Å². The second kappa shape index (κ2) is 11.5. The van der Waals surface area contributed by atoms with Crippen molar-refractivity contribution in [2.75, 3.05) is 62.4 Å². The summed E-state index contributed by atoms with van der Waals surface area (Å²) in [5, 5.41) is 17.3. The number of rotatable bonds is 3. The Kier molecular flexibility index (Phi) is 8.18. The predicted molar refractivity (Wildman–Crippen MR) is 117 cm³/mol. The van der Waals surface area contributed by atoms with Gasteiger partial charge in [-0.3, -0.25) is 0 Å². The number of nitriles is 2. The molecule has 0 amide bonds. The Morgan fingerprint density at radius 3 is 1.97 bits per heavy atom. The van der Waals surface area contributed by atoms with E-state index in [9.17, 15) is 0 Å². The van der Waals surface area contributed by atoms with E-state index in [2.05, 4.69) is 19.8 Å². The first-order valence-corrected chi connectivity index (χ1v) is 10.1. The standard InChI is InChI=1S/C12H14N4O.C10H11N3O/c13-5-4-10(14)11-2-1-3-12(15-11)16-6-8-17-9-7-16;11-8-9-2-1-3-10(12-9)13-4-6-14-7-5-13/h1-4H,6-9,14H2;1-3H,4-7H2/b10-4-;. The summed E-state index contributed by atoms with van der Waals surface area (Å²) < 4.78 is 10.5. The smallest absolute Gasteiger partial charge is 0.142 e. The Hall–Kier alpha value is -3.66. The van der Waals surface area contributed by atoms with E-state index in [0.717, 1.165) is 64.2 Å². The molecule has 2 aromatic rings. The Morgan fingerprint density at radius 1 is 0.871 bits per heavy atom. The van der Waals surface area contributed by atoms with Gasteiger partial charge in [-0.2, -0.15) is 10.5 Å². The summed E-state index contributed by atoms with van der Waals surface area (Å²) in [6, 6.07) is 15.1. The molecule has 2 aromatic heterocycles. The van der Waals surface area contributed by atoms with E-state index in [0.29, 0.717) is 17.1 Å². The minimum absolute atomic E-state index is 0.391. The number of hydrogen-bond acceptors (Lipinski definition) is 9. The van der Waals surface area contributed by atoms with E-state index >= 15 is 0 Å². The molecular formula is C22H25N7O2. The summed E-state index contributed by atoms with van der Waals surface area (Å²) >= 11 is 0. The van der Waals surface area contributed by atoms with Gasteiger partial charge in [0.05, 0.1) is 43.9 Å². The molecule has 0 spiro atoms. The second-order valence-electron chi connectivity index (χ2n) is 6.80. The van der Waals surface area contributed by atoms with Crippen LogP contribution in [0.5, 0.6) is 0 Å². The van der Waals surface area contributed by atoms with E-state index in [1.807, 2.05) is 36.4 Å². The van der Waals surface area contributed by atoms with Crippen molar-refractivity contribution in [3.05, 3.63) is 53.9 Å². The zero-order chi connectivity index (χ0) is 21.9. The van der Waals surface area contributed by atoms with Crippen molar-refractivity contribution in [2.24, 2.45) is 5.73 Å². The van der Waals surface area contributed by atoms with Crippen molar-refractivity contribution in [1.82, 2.24) is 9.97 Å². The molecule has 2 aliphatic rings. The Morgan fingerprint density at radius 2 is 1.42 bits per heavy atom. The fourth-order valence-electron chi connectivity index (χ4n) is 3.15. The zero-order valence-corrected chi connectivity index (χ0v) is 17.3. The Labute approximate surface area is 181 Å². The first-order valence-electron chi connectivity index (χ1n) is 10.1. The average molecular weight is 419 g/mol. The van der Waals surface area contributed by atoms with Gasteiger partial charge in [0, 0.05) is 32.3 Å². The molecule has 160 valence electrons. The number of nitrogens with zero attached hydrogens (tertiary/aromatic N) is 6. The minimum atomic E-state index is 0.391. The fourth-order valence-corrected chi connectivity index (χ4v) is 3.15. The normalized spacial score (nSPS) is 16.5. The van der Waals surface area contributed by atoms with Crippen LogP contribution in [0.15, 0.2) is 42.5 Å². The van der Waals surface area contributed by atoms with E-state index in [-0.39, 0.29) is 0 Å². The molecule has 2 aliphatic heterocycles. The lowest BCUT2D eigenvalue weighted by Crippen LogP contribution is -2.36. The van der Waals surface area contributed by atoms with Gasteiger partial charge in [-0.1, -0.05) is 12.1 Å². The molecule has 9 nitrogen and oxygen atoms in total. The zero-order valence-electron chi connectivity index (χ0n) is 17.3. The van der Waals surface area contributed by atoms with Crippen molar-refractivity contribution >= 4 is 17.3 Å². The molecule has 31 heavy (non-hydrogen) atoms. The molecule has 0 unspecified atom stereocenters. The van der Waals surface area contributed by atoms with E-state index in [4.69, 9.17) is 25.7 Å². The van der Waals surface area contributed by atoms with E-state index in [1.165, 1.54) is 6.08 Å². The van der Waals surface area contributed by atoms with Crippen LogP contribution in [0, 0.1) is 22.7 Å². The summed E-state index contributed by atoms with van der Waals surface area (Å²) in [6.07, 6.45) is 1.30. The molecule has 2 fully saturated rings. The molecule has 2 saturated heterocycles. The van der Waals surface area contributed by atoms with Crippen LogP contribution in [0.3, 0.4) is 0 Å². The van der Waals surface area contributed by atoms with Gasteiger partial charge in [0.15, 0.2) is 0 Å². The van der Waals surface area contributed by atoms with Crippen molar-refractivity contribution < 1.29 is 9.47 Å². The Balaban J connectivity index is 0.000000179. The highest BCUT2D eigenvalue weighted by Gasteiger charge is 2.13. The third kappa shape index (κ3) is 6.41. The molecule has 0 aliphatic carbocycles. The lowest BCUT2D eigenvalue weighted by Gasteiger charge is -2.28. The molecule has 2 N–H and O–H groups in total. The van der Waals surface area contributed by atoms with Crippen molar-refractivity contribution in [3.8, 4) is 12.1 Å². The van der Waals surface area contributed by atoms with Gasteiger partial charge in [0.1, 0.15) is 23.4 Å². The maximum Gasteiger partial charge on any atom is 0.142 e. The van der Waals surface area contributed by atoms with Gasteiger partial charge in [-0.05, 0) is 24.3 Å². The number of ether oxygens (including phenoxy) is 2. The van der Waals surface area contributed by atoms with Crippen LogP contribution < -0.4 is 15.5 Å². The van der Waals surface area contributed by atoms with Gasteiger partial charge in [-0.15, -0.1) is 0 Å². The molecule has 0 aromatic carbocycles. The molecule has 0 bridgehead atoms. The number of aromatic nitrogens is 2. The number of allylic oxidation sites excluding steroid dienone is 1. The highest BCUT2D eigenvalue weighted by atomic mass is 16.5. The lowest BCUT2D eigenvalue weighted by atomic mass is 10.2. The maximum absolute atomic E-state index is 8.70. The summed E-state index contributed by atoms with van der Waals surface area (Å²) in [5.74, 6) is 1.74. The first kappa shape index (κ1) is 22.0. The van der Waals surface area contributed by atoms with E-state index < -0.39 is 0 Å². The predicted octanol–water partition coefficient (Wildman–Crippen LogP) is 1.53. The van der Waals surface area contributed by atoms with Gasteiger partial charge in [0.25, 0.3) is 0 Å². The summed E-state index contributed by atoms with van der Waals surface area (Å²) in [5.41, 5.74) is 7.23. The van der Waals surface area contributed by atoms with E-state index in [1.54, 1.807) is 12.1 Å². The average Bonchev–Trinajstić information content (AvgIpc) is 2.86. The number of hydrogen-bond donors (Lipinski definition) is 1. The largest absolute Gasteiger partial charge is 0.396 e. The van der Waals surface area contributed by atoms with Crippen LogP contribution in [0.25, 0.3) is 5.70 Å². The third-order valence-corrected chi connectivity index (χ3v) is 4.77. The van der Waals surface area contributed by atoms with Gasteiger partial charge in [-0.25, -0.2) is 9.97 Å². The van der Waals surface area contributed by atoms with Crippen LogP contribution in [0.4, 0.5) is 11.6 Å². The van der Waals surface area contributed by atoms with Gasteiger partial charge < -0.3 is 25.0 Å². The molecule has 0 atom stereocenters. The molecule has 4 rings (SSSR count). The summed E-state index contributed by atoms with van der Waals surface area (Å²) in [4.78, 5) is 12.9. The Bertz CT molecular complexity index is 968. The fraction of sp³-hybridized carbons (Fsp3) is 0.364. The second-order valence-corrected chi connectivity index (χ2v) is 6.80. The molecule has 0 saturated carbocycles. The van der Waals surface area contributed by atoms with Crippen LogP contribution in [0.2, 0.25) is 0 Å². The van der Waals surface area contributed by atoms with Crippen LogP contribution in [-0.2, 0) is 9.47 Å². The lowest BCUT2D eigenvalue weighted by molar-refractivity contribution is 0.122. The summed E-state index contributed by atoms with van der Waals surface area (Å²) in [7, 11) is 0. The maximum atomic E-state index is 8.70. The summed E-state index contributed by atoms with van der Waals surface area (Å²) in [6.45, 7) is 6.27. The molecule has 4 heterocycles. The molecule has 9 heteroatoms. The van der Waals surface area contributed by atoms with Crippen LogP contribution in [-0.4, -0.2) is 62.6 Å². The van der Waals surface area contributed by atoms with Crippen LogP contribution >= 0.6 is 0 Å². The van der Waals surface area contributed by atoms with Gasteiger partial charge in [0.2, 0.25) is 0 Å². The number of anilines is 2. The minimum Gasteiger partial charge on any atom is -0.396 e. The molecular weight excluding hydrogens is 394 g/mol. The van der Waals surface area contributed by atoms with Crippen LogP contribution in [0.1, 0.15) is 11.4 Å². The topological polar surface area (TPSA) is 124 Å². The van der Waals surface area contributed by atoms with Crippen molar-refractivity contribution in [3.63, 3.8) is 0 Å². The number of morpholine rings is 2. The quantitative estimate of drug-likeness (QED) is 0.737. The number of pyridine rings is 2. The monoisotopic (exact) mass is 419 g/mol. The van der Waals surface area contributed by atoms with Gasteiger partial charge >= 0.3 is 0 Å².